The van der Waals surface area contributed by atoms with Gasteiger partial charge in [-0.3, -0.25) is 9.59 Å². The predicted octanol–water partition coefficient (Wildman–Crippen LogP) is 4.31. The smallest absolute Gasteiger partial charge is 0.242 e. The van der Waals surface area contributed by atoms with E-state index in [1.807, 2.05) is 38.1 Å². The zero-order valence-electron chi connectivity index (χ0n) is 15.3. The van der Waals surface area contributed by atoms with Crippen LogP contribution in [0.5, 0.6) is 0 Å². The van der Waals surface area contributed by atoms with Crippen LogP contribution in [0.1, 0.15) is 64.4 Å². The third-order valence-corrected chi connectivity index (χ3v) is 5.06. The Kier molecular flexibility index (Phi) is 7.76. The summed E-state index contributed by atoms with van der Waals surface area (Å²) in [4.78, 5) is 26.9. The molecule has 1 aliphatic carbocycles. The summed E-state index contributed by atoms with van der Waals surface area (Å²) < 4.78 is 0. The second kappa shape index (κ2) is 9.81. The van der Waals surface area contributed by atoms with Gasteiger partial charge in [-0.25, -0.2) is 0 Å². The van der Waals surface area contributed by atoms with Gasteiger partial charge in [-0.15, -0.1) is 0 Å². The standard InChI is InChI=1S/C20H29ClN2O2/c1-3-8-19(24)23(14-16-9-7-10-17(21)13-16)15(2)20(25)22-18-11-5-4-6-12-18/h7,9-10,13,15,18H,3-6,8,11-12,14H2,1-2H3,(H,22,25). The summed E-state index contributed by atoms with van der Waals surface area (Å²) >= 11 is 6.06. The normalized spacial score (nSPS) is 16.3. The number of hydrogen-bond acceptors (Lipinski definition) is 2. The number of carbonyl (C=O) groups is 2. The molecule has 0 radical (unpaired) electrons. The fraction of sp³-hybridized carbons (Fsp3) is 0.600. The zero-order valence-corrected chi connectivity index (χ0v) is 16.0. The van der Waals surface area contributed by atoms with E-state index in [0.29, 0.717) is 18.0 Å². The summed E-state index contributed by atoms with van der Waals surface area (Å²) in [5, 5.41) is 3.77. The van der Waals surface area contributed by atoms with Crippen molar-refractivity contribution in [1.82, 2.24) is 10.2 Å². The molecule has 1 N–H and O–H groups in total. The Morgan fingerprint density at radius 1 is 1.28 bits per heavy atom. The molecule has 1 aromatic carbocycles. The van der Waals surface area contributed by atoms with Crippen LogP contribution in [0.2, 0.25) is 5.02 Å². The fourth-order valence-electron chi connectivity index (χ4n) is 3.34. The van der Waals surface area contributed by atoms with Gasteiger partial charge in [-0.05, 0) is 43.9 Å². The molecular formula is C20H29ClN2O2. The molecule has 0 heterocycles. The molecule has 1 aliphatic rings. The van der Waals surface area contributed by atoms with Crippen molar-refractivity contribution in [3.8, 4) is 0 Å². The average Bonchev–Trinajstić information content (AvgIpc) is 2.60. The minimum atomic E-state index is -0.486. The molecule has 1 unspecified atom stereocenters. The highest BCUT2D eigenvalue weighted by molar-refractivity contribution is 6.30. The summed E-state index contributed by atoms with van der Waals surface area (Å²) in [6.45, 7) is 4.19. The topological polar surface area (TPSA) is 49.4 Å². The van der Waals surface area contributed by atoms with Crippen LogP contribution in [0.15, 0.2) is 24.3 Å². The van der Waals surface area contributed by atoms with Crippen molar-refractivity contribution in [3.63, 3.8) is 0 Å². The maximum atomic E-state index is 12.7. The number of amides is 2. The molecule has 4 nitrogen and oxygen atoms in total. The zero-order chi connectivity index (χ0) is 18.2. The highest BCUT2D eigenvalue weighted by Crippen LogP contribution is 2.19. The van der Waals surface area contributed by atoms with Gasteiger partial charge in [-0.2, -0.15) is 0 Å². The highest BCUT2D eigenvalue weighted by Gasteiger charge is 2.27. The molecule has 1 fully saturated rings. The molecule has 0 bridgehead atoms. The monoisotopic (exact) mass is 364 g/mol. The molecule has 1 aromatic rings. The van der Waals surface area contributed by atoms with Crippen molar-refractivity contribution in [2.75, 3.05) is 0 Å². The lowest BCUT2D eigenvalue weighted by molar-refractivity contribution is -0.141. The third-order valence-electron chi connectivity index (χ3n) is 4.82. The summed E-state index contributed by atoms with van der Waals surface area (Å²) in [7, 11) is 0. The van der Waals surface area contributed by atoms with E-state index in [1.54, 1.807) is 4.90 Å². The lowest BCUT2D eigenvalue weighted by Crippen LogP contribution is -2.50. The second-order valence-corrected chi connectivity index (χ2v) is 7.36. The molecule has 1 saturated carbocycles. The van der Waals surface area contributed by atoms with E-state index in [-0.39, 0.29) is 17.9 Å². The van der Waals surface area contributed by atoms with Crippen LogP contribution in [0.3, 0.4) is 0 Å². The minimum absolute atomic E-state index is 0.00812. The molecule has 5 heteroatoms. The lowest BCUT2D eigenvalue weighted by Gasteiger charge is -2.31. The van der Waals surface area contributed by atoms with Crippen LogP contribution in [0.25, 0.3) is 0 Å². The summed E-state index contributed by atoms with van der Waals surface area (Å²) in [6.07, 6.45) is 6.87. The molecule has 0 spiro atoms. The first-order valence-corrected chi connectivity index (χ1v) is 9.73. The van der Waals surface area contributed by atoms with E-state index in [4.69, 9.17) is 11.6 Å². The number of nitrogens with zero attached hydrogens (tertiary/aromatic N) is 1. The number of hydrogen-bond donors (Lipinski definition) is 1. The van der Waals surface area contributed by atoms with Gasteiger partial charge in [0.05, 0.1) is 0 Å². The molecule has 0 aliphatic heterocycles. The predicted molar refractivity (Wildman–Crippen MR) is 101 cm³/mol. The third kappa shape index (κ3) is 6.03. The van der Waals surface area contributed by atoms with Crippen LogP contribution in [0, 0.1) is 0 Å². The molecule has 138 valence electrons. The van der Waals surface area contributed by atoms with Crippen LogP contribution in [-0.2, 0) is 16.1 Å². The van der Waals surface area contributed by atoms with Gasteiger partial charge in [0.25, 0.3) is 0 Å². The van der Waals surface area contributed by atoms with Crippen molar-refractivity contribution in [3.05, 3.63) is 34.9 Å². The number of nitrogens with one attached hydrogen (secondary N) is 1. The second-order valence-electron chi connectivity index (χ2n) is 6.92. The first kappa shape index (κ1) is 19.8. The van der Waals surface area contributed by atoms with Gasteiger partial charge in [0.15, 0.2) is 0 Å². The van der Waals surface area contributed by atoms with Crippen molar-refractivity contribution in [2.24, 2.45) is 0 Å². The van der Waals surface area contributed by atoms with Crippen LogP contribution in [-0.4, -0.2) is 28.8 Å². The largest absolute Gasteiger partial charge is 0.352 e. The molecule has 2 rings (SSSR count). The van der Waals surface area contributed by atoms with Crippen LogP contribution >= 0.6 is 11.6 Å². The Morgan fingerprint density at radius 2 is 2.00 bits per heavy atom. The summed E-state index contributed by atoms with van der Waals surface area (Å²) in [6, 6.07) is 7.22. The Labute approximate surface area is 155 Å². The number of halogens is 1. The van der Waals surface area contributed by atoms with E-state index in [1.165, 1.54) is 19.3 Å². The van der Waals surface area contributed by atoms with Crippen LogP contribution < -0.4 is 5.32 Å². The molecule has 2 amide bonds. The number of rotatable bonds is 7. The van der Waals surface area contributed by atoms with Gasteiger partial charge >= 0.3 is 0 Å². The van der Waals surface area contributed by atoms with Gasteiger partial charge < -0.3 is 10.2 Å². The van der Waals surface area contributed by atoms with E-state index in [0.717, 1.165) is 24.8 Å². The summed E-state index contributed by atoms with van der Waals surface area (Å²) in [5.74, 6) is -0.0489. The quantitative estimate of drug-likeness (QED) is 0.783. The van der Waals surface area contributed by atoms with Gasteiger partial charge in [0.1, 0.15) is 6.04 Å². The van der Waals surface area contributed by atoms with Crippen molar-refractivity contribution in [1.29, 1.82) is 0 Å². The average molecular weight is 365 g/mol. The van der Waals surface area contributed by atoms with Crippen LogP contribution in [0.4, 0.5) is 0 Å². The lowest BCUT2D eigenvalue weighted by atomic mass is 9.95. The van der Waals surface area contributed by atoms with Crippen molar-refractivity contribution >= 4 is 23.4 Å². The highest BCUT2D eigenvalue weighted by atomic mass is 35.5. The van der Waals surface area contributed by atoms with Gasteiger partial charge in [0, 0.05) is 24.0 Å². The SMILES string of the molecule is CCCC(=O)N(Cc1cccc(Cl)c1)C(C)C(=O)NC1CCCCC1. The Hall–Kier alpha value is -1.55. The first-order valence-electron chi connectivity index (χ1n) is 9.35. The Bertz CT molecular complexity index is 585. The van der Waals surface area contributed by atoms with Crippen molar-refractivity contribution in [2.45, 2.75) is 77.4 Å². The van der Waals surface area contributed by atoms with Gasteiger partial charge in [-0.1, -0.05) is 49.9 Å². The van der Waals surface area contributed by atoms with Gasteiger partial charge in [0.2, 0.25) is 11.8 Å². The molecule has 25 heavy (non-hydrogen) atoms. The summed E-state index contributed by atoms with van der Waals surface area (Å²) in [5.41, 5.74) is 0.939. The van der Waals surface area contributed by atoms with E-state index < -0.39 is 6.04 Å². The molecular weight excluding hydrogens is 336 g/mol. The Morgan fingerprint density at radius 3 is 2.64 bits per heavy atom. The number of carbonyl (C=O) groups excluding carboxylic acids is 2. The van der Waals surface area contributed by atoms with E-state index in [2.05, 4.69) is 5.32 Å². The van der Waals surface area contributed by atoms with E-state index >= 15 is 0 Å². The molecule has 0 aromatic heterocycles. The van der Waals surface area contributed by atoms with E-state index in [9.17, 15) is 9.59 Å². The number of benzene rings is 1. The maximum Gasteiger partial charge on any atom is 0.242 e. The first-order chi connectivity index (χ1) is 12.0. The van der Waals surface area contributed by atoms with Crippen molar-refractivity contribution < 1.29 is 9.59 Å². The maximum absolute atomic E-state index is 12.7. The minimum Gasteiger partial charge on any atom is -0.352 e. The molecule has 1 atom stereocenters. The Balaban J connectivity index is 2.07. The fourth-order valence-corrected chi connectivity index (χ4v) is 3.55. The molecule has 0 saturated heterocycles.